The first-order valence-corrected chi connectivity index (χ1v) is 9.25. The number of nitrogens with zero attached hydrogens (tertiary/aromatic N) is 4. The zero-order valence-electron chi connectivity index (χ0n) is 16.0. The maximum atomic E-state index is 12.8. The van der Waals surface area contributed by atoms with Crippen LogP contribution in [0.3, 0.4) is 0 Å². The van der Waals surface area contributed by atoms with Crippen molar-refractivity contribution in [1.82, 2.24) is 25.5 Å². The summed E-state index contributed by atoms with van der Waals surface area (Å²) in [5.41, 5.74) is 0.960. The molecule has 3 amide bonds. The minimum Gasteiger partial charge on any atom is -0.339 e. The number of pyridine rings is 2. The first-order chi connectivity index (χ1) is 14.7. The molecule has 0 bridgehead atoms. The highest BCUT2D eigenvalue weighted by Gasteiger charge is 2.40. The molecule has 1 aliphatic heterocycles. The predicted molar refractivity (Wildman–Crippen MR) is 99.8 cm³/mol. The number of hydrogen-bond donors (Lipinski definition) is 2. The number of nitrogens with one attached hydrogen (secondary N) is 2. The third kappa shape index (κ3) is 4.88. The summed E-state index contributed by atoms with van der Waals surface area (Å²) in [7, 11) is 0. The lowest BCUT2D eigenvalue weighted by atomic mass is 10.0. The van der Waals surface area contributed by atoms with Crippen LogP contribution in [-0.2, 0) is 14.4 Å². The number of halogens is 3. The number of rotatable bonds is 5. The van der Waals surface area contributed by atoms with Gasteiger partial charge in [-0.05, 0) is 18.9 Å². The van der Waals surface area contributed by atoms with Crippen LogP contribution in [0.2, 0.25) is 0 Å². The van der Waals surface area contributed by atoms with E-state index in [0.717, 1.165) is 4.90 Å². The first kappa shape index (κ1) is 21.9. The molecular weight excluding hydrogens is 417 g/mol. The Morgan fingerprint density at radius 3 is 2.81 bits per heavy atom. The molecule has 162 valence electrons. The molecule has 1 fully saturated rings. The standard InChI is InChI=1S/C19H17F3N6O3/c20-19(21,22)18(31)26-10-16(29)28-6-2-4-15(28)17(30)27-13(7-23)12-8-24-9-14-11(12)3-1-5-25-14/h1,3,5,8-9,13,15H,2,4,6,10H2,(H,26,31)(H,27,30). The summed E-state index contributed by atoms with van der Waals surface area (Å²) >= 11 is 0. The van der Waals surface area contributed by atoms with E-state index in [1.54, 1.807) is 18.3 Å². The molecule has 9 nitrogen and oxygen atoms in total. The molecule has 2 N–H and O–H groups in total. The lowest BCUT2D eigenvalue weighted by Crippen LogP contribution is -2.50. The SMILES string of the molecule is N#CC(NC(=O)C1CCCN1C(=O)CNC(=O)C(F)(F)F)c1cncc2ncccc12. The topological polar surface area (TPSA) is 128 Å². The number of likely N-dealkylation sites (tertiary alicyclic amines) is 1. The minimum absolute atomic E-state index is 0.149. The van der Waals surface area contributed by atoms with E-state index in [9.17, 15) is 32.8 Å². The summed E-state index contributed by atoms with van der Waals surface area (Å²) in [4.78, 5) is 45.2. The summed E-state index contributed by atoms with van der Waals surface area (Å²) in [6.45, 7) is -0.738. The number of nitriles is 1. The average molecular weight is 434 g/mol. The van der Waals surface area contributed by atoms with Crippen molar-refractivity contribution in [2.45, 2.75) is 31.1 Å². The van der Waals surface area contributed by atoms with Crippen molar-refractivity contribution < 1.29 is 27.6 Å². The van der Waals surface area contributed by atoms with Crippen LogP contribution in [-0.4, -0.2) is 57.9 Å². The van der Waals surface area contributed by atoms with Crippen molar-refractivity contribution in [2.24, 2.45) is 0 Å². The number of fused-ring (bicyclic) bond motifs is 1. The average Bonchev–Trinajstić information content (AvgIpc) is 3.24. The second-order valence-electron chi connectivity index (χ2n) is 6.80. The molecule has 3 heterocycles. The van der Waals surface area contributed by atoms with E-state index >= 15 is 0 Å². The molecule has 2 aromatic heterocycles. The molecule has 31 heavy (non-hydrogen) atoms. The van der Waals surface area contributed by atoms with E-state index in [-0.39, 0.29) is 13.0 Å². The Kier molecular flexibility index (Phi) is 6.33. The lowest BCUT2D eigenvalue weighted by molar-refractivity contribution is -0.174. The second-order valence-corrected chi connectivity index (χ2v) is 6.80. The van der Waals surface area contributed by atoms with E-state index in [2.05, 4.69) is 15.3 Å². The maximum Gasteiger partial charge on any atom is 0.471 e. The number of carbonyl (C=O) groups is 3. The molecule has 1 saturated heterocycles. The van der Waals surface area contributed by atoms with Crippen molar-refractivity contribution in [1.29, 1.82) is 5.26 Å². The summed E-state index contributed by atoms with van der Waals surface area (Å²) in [6.07, 6.45) is 0.132. The number of carbonyl (C=O) groups excluding carboxylic acids is 3. The molecule has 0 aromatic carbocycles. The summed E-state index contributed by atoms with van der Waals surface area (Å²) in [6, 6.07) is 3.34. The zero-order valence-corrected chi connectivity index (χ0v) is 16.0. The zero-order chi connectivity index (χ0) is 22.6. The van der Waals surface area contributed by atoms with Gasteiger partial charge in [0, 0.05) is 29.9 Å². The molecule has 0 radical (unpaired) electrons. The molecule has 0 spiro atoms. The van der Waals surface area contributed by atoms with Crippen LogP contribution in [0.25, 0.3) is 10.9 Å². The number of aromatic nitrogens is 2. The Hall–Kier alpha value is -3.75. The van der Waals surface area contributed by atoms with Crippen LogP contribution < -0.4 is 10.6 Å². The van der Waals surface area contributed by atoms with Crippen molar-refractivity contribution in [2.75, 3.05) is 13.1 Å². The third-order valence-corrected chi connectivity index (χ3v) is 4.82. The summed E-state index contributed by atoms with van der Waals surface area (Å²) < 4.78 is 36.9. The maximum absolute atomic E-state index is 12.8. The van der Waals surface area contributed by atoms with Crippen LogP contribution in [0.4, 0.5) is 13.2 Å². The highest BCUT2D eigenvalue weighted by Crippen LogP contribution is 2.23. The van der Waals surface area contributed by atoms with E-state index in [1.807, 2.05) is 6.07 Å². The molecule has 2 unspecified atom stereocenters. The minimum atomic E-state index is -5.11. The largest absolute Gasteiger partial charge is 0.471 e. The van der Waals surface area contributed by atoms with Gasteiger partial charge in [-0.15, -0.1) is 0 Å². The van der Waals surface area contributed by atoms with Gasteiger partial charge in [-0.2, -0.15) is 18.4 Å². The van der Waals surface area contributed by atoms with Crippen molar-refractivity contribution >= 4 is 28.6 Å². The van der Waals surface area contributed by atoms with Gasteiger partial charge in [0.15, 0.2) is 0 Å². The molecule has 12 heteroatoms. The molecule has 0 aliphatic carbocycles. The Labute approximate surface area is 174 Å². The monoisotopic (exact) mass is 434 g/mol. The molecular formula is C19H17F3N6O3. The van der Waals surface area contributed by atoms with Crippen molar-refractivity contribution in [3.8, 4) is 6.07 Å². The van der Waals surface area contributed by atoms with Crippen LogP contribution in [0, 0.1) is 11.3 Å². The van der Waals surface area contributed by atoms with E-state index in [4.69, 9.17) is 0 Å². The molecule has 2 atom stereocenters. The molecule has 0 saturated carbocycles. The second kappa shape index (κ2) is 8.95. The number of alkyl halides is 3. The van der Waals surface area contributed by atoms with E-state index < -0.39 is 42.5 Å². The third-order valence-electron chi connectivity index (χ3n) is 4.82. The quantitative estimate of drug-likeness (QED) is 0.722. The summed E-state index contributed by atoms with van der Waals surface area (Å²) in [5, 5.41) is 14.3. The van der Waals surface area contributed by atoms with Crippen LogP contribution >= 0.6 is 0 Å². The lowest BCUT2D eigenvalue weighted by Gasteiger charge is -2.25. The van der Waals surface area contributed by atoms with Crippen LogP contribution in [0.15, 0.2) is 30.7 Å². The highest BCUT2D eigenvalue weighted by atomic mass is 19.4. The van der Waals surface area contributed by atoms with Gasteiger partial charge in [0.2, 0.25) is 11.8 Å². The number of hydrogen-bond acceptors (Lipinski definition) is 6. The Morgan fingerprint density at radius 2 is 2.10 bits per heavy atom. The van der Waals surface area contributed by atoms with Gasteiger partial charge in [-0.1, -0.05) is 6.07 Å². The fourth-order valence-corrected chi connectivity index (χ4v) is 3.37. The highest BCUT2D eigenvalue weighted by molar-refractivity contribution is 5.92. The van der Waals surface area contributed by atoms with Gasteiger partial charge in [-0.3, -0.25) is 24.4 Å². The van der Waals surface area contributed by atoms with Gasteiger partial charge >= 0.3 is 12.1 Å². The molecule has 2 aromatic rings. The Balaban J connectivity index is 1.70. The van der Waals surface area contributed by atoms with Gasteiger partial charge < -0.3 is 15.5 Å². The molecule has 1 aliphatic rings. The predicted octanol–water partition coefficient (Wildman–Crippen LogP) is 0.980. The van der Waals surface area contributed by atoms with Gasteiger partial charge in [0.05, 0.1) is 24.3 Å². The normalized spacial score (nSPS) is 17.1. The van der Waals surface area contributed by atoms with Gasteiger partial charge in [-0.25, -0.2) is 0 Å². The van der Waals surface area contributed by atoms with E-state index in [1.165, 1.54) is 17.7 Å². The van der Waals surface area contributed by atoms with Crippen molar-refractivity contribution in [3.63, 3.8) is 0 Å². The van der Waals surface area contributed by atoms with E-state index in [0.29, 0.717) is 22.9 Å². The van der Waals surface area contributed by atoms with Crippen molar-refractivity contribution in [3.05, 3.63) is 36.3 Å². The Bertz CT molecular complexity index is 1050. The summed E-state index contributed by atoms with van der Waals surface area (Å²) in [5.74, 6) is -3.68. The smallest absolute Gasteiger partial charge is 0.339 e. The fraction of sp³-hybridized carbons (Fsp3) is 0.368. The Morgan fingerprint density at radius 1 is 1.32 bits per heavy atom. The first-order valence-electron chi connectivity index (χ1n) is 9.25. The van der Waals surface area contributed by atoms with Gasteiger partial charge in [0.1, 0.15) is 12.1 Å². The van der Waals surface area contributed by atoms with Gasteiger partial charge in [0.25, 0.3) is 0 Å². The van der Waals surface area contributed by atoms with Crippen LogP contribution in [0.1, 0.15) is 24.4 Å². The number of amides is 3. The van der Waals surface area contributed by atoms with Crippen LogP contribution in [0.5, 0.6) is 0 Å². The fourth-order valence-electron chi connectivity index (χ4n) is 3.37. The molecule has 3 rings (SSSR count).